The third kappa shape index (κ3) is 4.05. The maximum atomic E-state index is 9.46. The average molecular weight is 261 g/mol. The number of aliphatic hydroxyl groups excluding tert-OH is 1. The minimum absolute atomic E-state index is 0.215. The van der Waals surface area contributed by atoms with E-state index >= 15 is 0 Å². The third-order valence-corrected chi connectivity index (χ3v) is 4.41. The van der Waals surface area contributed by atoms with Gasteiger partial charge in [-0.15, -0.1) is 0 Å². The monoisotopic (exact) mass is 261 g/mol. The van der Waals surface area contributed by atoms with Crippen molar-refractivity contribution >= 4 is 0 Å². The molecule has 0 radical (unpaired) electrons. The highest BCUT2D eigenvalue weighted by molar-refractivity contribution is 5.20. The Labute approximate surface area is 117 Å². The maximum absolute atomic E-state index is 9.46. The molecule has 0 aliphatic heterocycles. The quantitative estimate of drug-likeness (QED) is 0.819. The van der Waals surface area contributed by atoms with Gasteiger partial charge in [0.2, 0.25) is 0 Å². The van der Waals surface area contributed by atoms with E-state index in [-0.39, 0.29) is 12.6 Å². The van der Waals surface area contributed by atoms with Crippen LogP contribution in [-0.4, -0.2) is 17.8 Å². The van der Waals surface area contributed by atoms with E-state index in [1.807, 2.05) is 0 Å². The number of hydrogen-bond donors (Lipinski definition) is 2. The molecule has 1 fully saturated rings. The molecule has 0 spiro atoms. The van der Waals surface area contributed by atoms with Crippen LogP contribution in [0.1, 0.15) is 57.1 Å². The van der Waals surface area contributed by atoms with Crippen LogP contribution in [0.4, 0.5) is 0 Å². The van der Waals surface area contributed by atoms with Crippen LogP contribution in [0.25, 0.3) is 0 Å². The summed E-state index contributed by atoms with van der Waals surface area (Å²) in [7, 11) is 0. The SMILES string of the molecule is CC[C@H](CO)NC(c1ccccc1)C1CCCCC1. The van der Waals surface area contributed by atoms with Gasteiger partial charge in [-0.3, -0.25) is 0 Å². The molecule has 2 heteroatoms. The zero-order valence-corrected chi connectivity index (χ0v) is 12.0. The summed E-state index contributed by atoms with van der Waals surface area (Å²) in [4.78, 5) is 0. The second kappa shape index (κ2) is 7.66. The number of nitrogens with one attached hydrogen (secondary N) is 1. The van der Waals surface area contributed by atoms with Crippen molar-refractivity contribution in [1.82, 2.24) is 5.32 Å². The molecular formula is C17H27NO. The zero-order valence-electron chi connectivity index (χ0n) is 12.0. The van der Waals surface area contributed by atoms with Crippen molar-refractivity contribution in [2.45, 2.75) is 57.5 Å². The van der Waals surface area contributed by atoms with E-state index in [4.69, 9.17) is 0 Å². The normalized spacial score (nSPS) is 20.1. The standard InChI is InChI=1S/C17H27NO/c1-2-16(13-19)18-17(14-9-5-3-6-10-14)15-11-7-4-8-12-15/h3,5-6,9-10,15-19H,2,4,7-8,11-13H2,1H3/t16-,17?/m1/s1. The second-order valence-electron chi connectivity index (χ2n) is 5.74. The van der Waals surface area contributed by atoms with E-state index in [0.29, 0.717) is 6.04 Å². The number of benzene rings is 1. The van der Waals surface area contributed by atoms with Crippen LogP contribution < -0.4 is 5.32 Å². The van der Waals surface area contributed by atoms with Crippen LogP contribution in [0.3, 0.4) is 0 Å². The van der Waals surface area contributed by atoms with Crippen molar-refractivity contribution in [2.24, 2.45) is 5.92 Å². The molecule has 19 heavy (non-hydrogen) atoms. The van der Waals surface area contributed by atoms with Gasteiger partial charge in [0.05, 0.1) is 6.61 Å². The van der Waals surface area contributed by atoms with Crippen molar-refractivity contribution in [3.63, 3.8) is 0 Å². The van der Waals surface area contributed by atoms with Gasteiger partial charge in [0.25, 0.3) is 0 Å². The summed E-state index contributed by atoms with van der Waals surface area (Å²) in [6.07, 6.45) is 7.70. The van der Waals surface area contributed by atoms with Crippen LogP contribution in [0.15, 0.2) is 30.3 Å². The zero-order chi connectivity index (χ0) is 13.5. The predicted octanol–water partition coefficient (Wildman–Crippen LogP) is 3.67. The summed E-state index contributed by atoms with van der Waals surface area (Å²) in [6.45, 7) is 2.36. The minimum Gasteiger partial charge on any atom is -0.395 e. The number of hydrogen-bond acceptors (Lipinski definition) is 2. The van der Waals surface area contributed by atoms with Crippen molar-refractivity contribution < 1.29 is 5.11 Å². The molecule has 1 aromatic rings. The average Bonchev–Trinajstić information content (AvgIpc) is 2.50. The fraction of sp³-hybridized carbons (Fsp3) is 0.647. The molecule has 2 rings (SSSR count). The largest absolute Gasteiger partial charge is 0.395 e. The summed E-state index contributed by atoms with van der Waals surface area (Å²) in [5.41, 5.74) is 1.38. The molecule has 0 saturated heterocycles. The van der Waals surface area contributed by atoms with Crippen molar-refractivity contribution in [1.29, 1.82) is 0 Å². The Hall–Kier alpha value is -0.860. The number of rotatable bonds is 6. The topological polar surface area (TPSA) is 32.3 Å². The van der Waals surface area contributed by atoms with E-state index in [0.717, 1.165) is 12.3 Å². The summed E-state index contributed by atoms with van der Waals surface area (Å²) < 4.78 is 0. The van der Waals surface area contributed by atoms with Crippen molar-refractivity contribution in [2.75, 3.05) is 6.61 Å². The first-order chi connectivity index (χ1) is 9.35. The molecule has 0 bridgehead atoms. The molecule has 0 aromatic heterocycles. The molecular weight excluding hydrogens is 234 g/mol. The maximum Gasteiger partial charge on any atom is 0.0584 e. The van der Waals surface area contributed by atoms with Gasteiger partial charge < -0.3 is 10.4 Å². The third-order valence-electron chi connectivity index (χ3n) is 4.41. The van der Waals surface area contributed by atoms with Crippen molar-refractivity contribution in [3.8, 4) is 0 Å². The van der Waals surface area contributed by atoms with Gasteiger partial charge >= 0.3 is 0 Å². The minimum atomic E-state index is 0.215. The lowest BCUT2D eigenvalue weighted by atomic mass is 9.80. The van der Waals surface area contributed by atoms with Gasteiger partial charge in [0, 0.05) is 12.1 Å². The molecule has 0 heterocycles. The van der Waals surface area contributed by atoms with Crippen molar-refractivity contribution in [3.05, 3.63) is 35.9 Å². The van der Waals surface area contributed by atoms with Gasteiger partial charge in [0.15, 0.2) is 0 Å². The molecule has 2 nitrogen and oxygen atoms in total. The fourth-order valence-corrected chi connectivity index (χ4v) is 3.19. The molecule has 1 saturated carbocycles. The molecule has 1 aliphatic rings. The van der Waals surface area contributed by atoms with Crippen LogP contribution in [-0.2, 0) is 0 Å². The smallest absolute Gasteiger partial charge is 0.0584 e. The van der Waals surface area contributed by atoms with Gasteiger partial charge in [-0.1, -0.05) is 56.5 Å². The summed E-state index contributed by atoms with van der Waals surface area (Å²) in [5, 5.41) is 13.1. The van der Waals surface area contributed by atoms with E-state index in [1.54, 1.807) is 0 Å². The Morgan fingerprint density at radius 1 is 1.16 bits per heavy atom. The Kier molecular flexibility index (Phi) is 5.87. The van der Waals surface area contributed by atoms with Crippen LogP contribution in [0.5, 0.6) is 0 Å². The molecule has 0 amide bonds. The molecule has 2 N–H and O–H groups in total. The van der Waals surface area contributed by atoms with Crippen LogP contribution in [0, 0.1) is 5.92 Å². The fourth-order valence-electron chi connectivity index (χ4n) is 3.19. The first-order valence-electron chi connectivity index (χ1n) is 7.77. The van der Waals surface area contributed by atoms with E-state index in [2.05, 4.69) is 42.6 Å². The van der Waals surface area contributed by atoms with Gasteiger partial charge in [0.1, 0.15) is 0 Å². The lowest BCUT2D eigenvalue weighted by Gasteiger charge is -2.34. The Morgan fingerprint density at radius 2 is 1.84 bits per heavy atom. The Balaban J connectivity index is 2.12. The molecule has 1 aromatic carbocycles. The summed E-state index contributed by atoms with van der Waals surface area (Å²) in [6, 6.07) is 11.4. The predicted molar refractivity (Wildman–Crippen MR) is 80.1 cm³/mol. The van der Waals surface area contributed by atoms with E-state index in [9.17, 15) is 5.11 Å². The lowest BCUT2D eigenvalue weighted by molar-refractivity contribution is 0.194. The Bertz CT molecular complexity index is 342. The van der Waals surface area contributed by atoms with Gasteiger partial charge in [-0.2, -0.15) is 0 Å². The lowest BCUT2D eigenvalue weighted by Crippen LogP contribution is -2.39. The summed E-state index contributed by atoms with van der Waals surface area (Å²) >= 11 is 0. The van der Waals surface area contributed by atoms with E-state index in [1.165, 1.54) is 37.7 Å². The number of aliphatic hydroxyl groups is 1. The Morgan fingerprint density at radius 3 is 2.42 bits per heavy atom. The highest BCUT2D eigenvalue weighted by atomic mass is 16.3. The van der Waals surface area contributed by atoms with Crippen LogP contribution in [0.2, 0.25) is 0 Å². The first-order valence-corrected chi connectivity index (χ1v) is 7.77. The highest BCUT2D eigenvalue weighted by Crippen LogP contribution is 2.34. The molecule has 106 valence electrons. The van der Waals surface area contributed by atoms with Gasteiger partial charge in [-0.25, -0.2) is 0 Å². The second-order valence-corrected chi connectivity index (χ2v) is 5.74. The summed E-state index contributed by atoms with van der Waals surface area (Å²) in [5.74, 6) is 0.719. The molecule has 1 aliphatic carbocycles. The molecule has 2 atom stereocenters. The molecule has 1 unspecified atom stereocenters. The highest BCUT2D eigenvalue weighted by Gasteiger charge is 2.26. The van der Waals surface area contributed by atoms with Crippen LogP contribution >= 0.6 is 0 Å². The van der Waals surface area contributed by atoms with Gasteiger partial charge in [-0.05, 0) is 30.7 Å². The first kappa shape index (κ1) is 14.5. The van der Waals surface area contributed by atoms with E-state index < -0.39 is 0 Å².